The molecule has 9 heteroatoms. The molecule has 0 saturated heterocycles. The van der Waals surface area contributed by atoms with Crippen LogP contribution < -0.4 is 29.1 Å². The molecule has 3 heterocycles. The van der Waals surface area contributed by atoms with Crippen molar-refractivity contribution in [3.8, 4) is 17.2 Å². The van der Waals surface area contributed by atoms with Gasteiger partial charge in [0.15, 0.2) is 16.3 Å². The predicted molar refractivity (Wildman–Crippen MR) is 156 cm³/mol. The fourth-order valence-electron chi connectivity index (χ4n) is 4.87. The zero-order valence-corrected chi connectivity index (χ0v) is 23.5. The van der Waals surface area contributed by atoms with E-state index in [9.17, 15) is 9.59 Å². The van der Waals surface area contributed by atoms with Gasteiger partial charge in [0, 0.05) is 5.56 Å². The summed E-state index contributed by atoms with van der Waals surface area (Å²) in [7, 11) is 0. The second-order valence-corrected chi connectivity index (χ2v) is 10.5. The van der Waals surface area contributed by atoms with Gasteiger partial charge in [-0.15, -0.1) is 0 Å². The van der Waals surface area contributed by atoms with Crippen LogP contribution in [0.25, 0.3) is 11.8 Å². The van der Waals surface area contributed by atoms with Gasteiger partial charge in [-0.1, -0.05) is 66.8 Å². The maximum absolute atomic E-state index is 14.0. The van der Waals surface area contributed by atoms with E-state index in [2.05, 4.69) is 6.92 Å². The molecule has 4 aromatic rings. The Bertz CT molecular complexity index is 1810. The summed E-state index contributed by atoms with van der Waals surface area (Å²) in [5.74, 6) is 1.41. The van der Waals surface area contributed by atoms with E-state index < -0.39 is 12.0 Å². The molecule has 0 saturated carbocycles. The van der Waals surface area contributed by atoms with Crippen molar-refractivity contribution in [3.05, 3.63) is 115 Å². The lowest BCUT2D eigenvalue weighted by atomic mass is 9.93. The lowest BCUT2D eigenvalue weighted by Crippen LogP contribution is -2.40. The zero-order valence-electron chi connectivity index (χ0n) is 22.7. The summed E-state index contributed by atoms with van der Waals surface area (Å²) in [5, 5.41) is 0. The zero-order chi connectivity index (χ0) is 28.3. The minimum Gasteiger partial charge on any atom is -0.494 e. The highest BCUT2D eigenvalue weighted by molar-refractivity contribution is 7.07. The summed E-state index contributed by atoms with van der Waals surface area (Å²) in [6.07, 6.45) is 2.76. The molecule has 0 bridgehead atoms. The Hall–Kier alpha value is -4.63. The Kier molecular flexibility index (Phi) is 7.43. The van der Waals surface area contributed by atoms with E-state index in [4.69, 9.17) is 23.9 Å². The van der Waals surface area contributed by atoms with Crippen LogP contribution in [0.1, 0.15) is 43.0 Å². The van der Waals surface area contributed by atoms with Gasteiger partial charge < -0.3 is 18.9 Å². The number of carbonyl (C=O) groups is 1. The van der Waals surface area contributed by atoms with Crippen molar-refractivity contribution in [2.45, 2.75) is 26.3 Å². The lowest BCUT2D eigenvalue weighted by molar-refractivity contribution is -0.138. The standard InChI is InChI=1S/C32H28N2O6S/c1-3-16-38-23-13-10-20(11-14-23)17-26-30(35)34-29(22-12-15-24-25(18-22)40-19-39-24)27(31(36)37-4-2)28(33-32(34)41-26)21-8-6-5-7-9-21/h5-15,17-18,29H,3-4,16,19H2,1-2H3/b26-17-/t29-/m0/s1. The molecule has 0 unspecified atom stereocenters. The Labute approximate surface area is 240 Å². The van der Waals surface area contributed by atoms with E-state index in [1.165, 1.54) is 11.3 Å². The topological polar surface area (TPSA) is 88.3 Å². The molecule has 208 valence electrons. The van der Waals surface area contributed by atoms with Crippen molar-refractivity contribution in [1.29, 1.82) is 0 Å². The maximum Gasteiger partial charge on any atom is 0.338 e. The number of rotatable bonds is 8. The Morgan fingerprint density at radius 2 is 1.83 bits per heavy atom. The average Bonchev–Trinajstić information content (AvgIpc) is 3.60. The first kappa shape index (κ1) is 26.6. The van der Waals surface area contributed by atoms with Gasteiger partial charge in [-0.2, -0.15) is 0 Å². The molecule has 41 heavy (non-hydrogen) atoms. The van der Waals surface area contributed by atoms with Gasteiger partial charge in [0.05, 0.1) is 35.1 Å². The van der Waals surface area contributed by atoms with Crippen LogP contribution in [0.2, 0.25) is 0 Å². The SMILES string of the molecule is CCCOc1ccc(/C=c2\sc3n(c2=O)[C@@H](c2ccc4c(c2)OCO4)C(C(=O)OCC)=C(c2ccccc2)N=3)cc1. The van der Waals surface area contributed by atoms with E-state index in [-0.39, 0.29) is 24.5 Å². The number of benzene rings is 3. The number of aromatic nitrogens is 1. The molecule has 8 nitrogen and oxygen atoms in total. The van der Waals surface area contributed by atoms with Crippen molar-refractivity contribution >= 4 is 29.1 Å². The van der Waals surface area contributed by atoms with Crippen molar-refractivity contribution in [2.24, 2.45) is 4.99 Å². The number of nitrogens with zero attached hydrogens (tertiary/aromatic N) is 2. The highest BCUT2D eigenvalue weighted by atomic mass is 32.1. The smallest absolute Gasteiger partial charge is 0.338 e. The van der Waals surface area contributed by atoms with E-state index in [0.29, 0.717) is 38.7 Å². The molecular formula is C32H28N2O6S. The maximum atomic E-state index is 14.0. The molecule has 0 radical (unpaired) electrons. The Morgan fingerprint density at radius 3 is 2.59 bits per heavy atom. The molecule has 1 aromatic heterocycles. The average molecular weight is 569 g/mol. The number of carbonyl (C=O) groups excluding carboxylic acids is 1. The highest BCUT2D eigenvalue weighted by Crippen LogP contribution is 2.40. The third kappa shape index (κ3) is 5.16. The van der Waals surface area contributed by atoms with Gasteiger partial charge in [-0.3, -0.25) is 9.36 Å². The molecule has 2 aliphatic rings. The van der Waals surface area contributed by atoms with E-state index in [1.54, 1.807) is 17.6 Å². The van der Waals surface area contributed by atoms with Gasteiger partial charge >= 0.3 is 5.97 Å². The third-order valence-electron chi connectivity index (χ3n) is 6.74. The number of thiazole rings is 1. The van der Waals surface area contributed by atoms with Gasteiger partial charge in [0.25, 0.3) is 5.56 Å². The van der Waals surface area contributed by atoms with Crippen molar-refractivity contribution in [3.63, 3.8) is 0 Å². The summed E-state index contributed by atoms with van der Waals surface area (Å²) in [5.41, 5.74) is 2.79. The van der Waals surface area contributed by atoms with E-state index in [1.807, 2.05) is 72.8 Å². The van der Waals surface area contributed by atoms with Crippen molar-refractivity contribution < 1.29 is 23.7 Å². The van der Waals surface area contributed by atoms with Crippen LogP contribution in [0.4, 0.5) is 0 Å². The van der Waals surface area contributed by atoms with Crippen molar-refractivity contribution in [2.75, 3.05) is 20.0 Å². The van der Waals surface area contributed by atoms with Gasteiger partial charge in [0.1, 0.15) is 5.75 Å². The van der Waals surface area contributed by atoms with Gasteiger partial charge in [-0.25, -0.2) is 9.79 Å². The molecule has 1 atom stereocenters. The second-order valence-electron chi connectivity index (χ2n) is 9.46. The molecule has 6 rings (SSSR count). The van der Waals surface area contributed by atoms with Crippen LogP contribution in [0.5, 0.6) is 17.2 Å². The summed E-state index contributed by atoms with van der Waals surface area (Å²) in [6, 6.07) is 21.7. The summed E-state index contributed by atoms with van der Waals surface area (Å²) in [4.78, 5) is 33.0. The number of hydrogen-bond donors (Lipinski definition) is 0. The summed E-state index contributed by atoms with van der Waals surface area (Å²) < 4.78 is 24.4. The minimum absolute atomic E-state index is 0.111. The van der Waals surface area contributed by atoms with Gasteiger partial charge in [0.2, 0.25) is 6.79 Å². The second kappa shape index (κ2) is 11.5. The van der Waals surface area contributed by atoms with E-state index >= 15 is 0 Å². The van der Waals surface area contributed by atoms with Crippen LogP contribution >= 0.6 is 11.3 Å². The molecule has 2 aliphatic heterocycles. The molecule has 0 amide bonds. The molecular weight excluding hydrogens is 540 g/mol. The Balaban J connectivity index is 1.56. The van der Waals surface area contributed by atoms with Crippen LogP contribution in [0.15, 0.2) is 88.2 Å². The lowest BCUT2D eigenvalue weighted by Gasteiger charge is -2.26. The fourth-order valence-corrected chi connectivity index (χ4v) is 5.87. The van der Waals surface area contributed by atoms with E-state index in [0.717, 1.165) is 23.3 Å². The first-order valence-electron chi connectivity index (χ1n) is 13.5. The van der Waals surface area contributed by atoms with Gasteiger partial charge in [-0.05, 0) is 54.8 Å². The molecule has 0 spiro atoms. The normalized spacial score (nSPS) is 15.9. The summed E-state index contributed by atoms with van der Waals surface area (Å²) in [6.45, 7) is 4.75. The largest absolute Gasteiger partial charge is 0.494 e. The minimum atomic E-state index is -0.790. The van der Waals surface area contributed by atoms with Crippen molar-refractivity contribution in [1.82, 2.24) is 4.57 Å². The number of fused-ring (bicyclic) bond motifs is 2. The number of esters is 1. The third-order valence-corrected chi connectivity index (χ3v) is 7.72. The first-order valence-corrected chi connectivity index (χ1v) is 14.3. The molecule has 3 aromatic carbocycles. The fraction of sp³-hybridized carbons (Fsp3) is 0.219. The van der Waals surface area contributed by atoms with Crippen LogP contribution in [0, 0.1) is 0 Å². The Morgan fingerprint density at radius 1 is 1.05 bits per heavy atom. The van der Waals surface area contributed by atoms with Crippen LogP contribution in [-0.4, -0.2) is 30.5 Å². The first-order chi connectivity index (χ1) is 20.1. The molecule has 0 fully saturated rings. The number of ether oxygens (including phenoxy) is 4. The van der Waals surface area contributed by atoms with Crippen LogP contribution in [-0.2, 0) is 9.53 Å². The predicted octanol–water partition coefficient (Wildman–Crippen LogP) is 4.45. The number of hydrogen-bond acceptors (Lipinski definition) is 8. The highest BCUT2D eigenvalue weighted by Gasteiger charge is 2.36. The molecule has 0 N–H and O–H groups in total. The summed E-state index contributed by atoms with van der Waals surface area (Å²) >= 11 is 1.28. The molecule has 0 aliphatic carbocycles. The monoisotopic (exact) mass is 568 g/mol. The quantitative estimate of drug-likeness (QED) is 0.292. The van der Waals surface area contributed by atoms with Crippen LogP contribution in [0.3, 0.4) is 0 Å².